The van der Waals surface area contributed by atoms with Crippen molar-refractivity contribution in [1.29, 1.82) is 0 Å². The van der Waals surface area contributed by atoms with Crippen molar-refractivity contribution in [2.75, 3.05) is 36.0 Å². The molecular formula is C15H16F3N7S. The zero-order chi connectivity index (χ0) is 18.5. The van der Waals surface area contributed by atoms with E-state index in [0.717, 1.165) is 16.9 Å². The van der Waals surface area contributed by atoms with Crippen LogP contribution >= 0.6 is 11.3 Å². The van der Waals surface area contributed by atoms with Crippen molar-refractivity contribution in [3.8, 4) is 0 Å². The lowest BCUT2D eigenvalue weighted by molar-refractivity contribution is -0.141. The van der Waals surface area contributed by atoms with Gasteiger partial charge in [-0.05, 0) is 13.8 Å². The lowest BCUT2D eigenvalue weighted by Crippen LogP contribution is -2.47. The maximum atomic E-state index is 13.1. The maximum Gasteiger partial charge on any atom is 0.433 e. The Morgan fingerprint density at radius 3 is 2.35 bits per heavy atom. The van der Waals surface area contributed by atoms with E-state index in [2.05, 4.69) is 25.0 Å². The summed E-state index contributed by atoms with van der Waals surface area (Å²) in [4.78, 5) is 17.1. The number of hydrogen-bond donors (Lipinski definition) is 0. The van der Waals surface area contributed by atoms with Gasteiger partial charge in [-0.1, -0.05) is 0 Å². The van der Waals surface area contributed by atoms with Gasteiger partial charge in [0.25, 0.3) is 5.78 Å². The summed E-state index contributed by atoms with van der Waals surface area (Å²) < 4.78 is 40.8. The summed E-state index contributed by atoms with van der Waals surface area (Å²) in [6.07, 6.45) is -3.32. The SMILES string of the molecule is Cc1nc(N2CCN(c3cc(C(F)(F)F)nc4ncnn34)CC2)sc1C. The number of fused-ring (bicyclic) bond motifs is 1. The van der Waals surface area contributed by atoms with E-state index in [9.17, 15) is 13.2 Å². The summed E-state index contributed by atoms with van der Waals surface area (Å²) in [7, 11) is 0. The Labute approximate surface area is 151 Å². The van der Waals surface area contributed by atoms with E-state index >= 15 is 0 Å². The fraction of sp³-hybridized carbons (Fsp3) is 0.467. The normalized spacial score (nSPS) is 15.9. The molecule has 0 radical (unpaired) electrons. The van der Waals surface area contributed by atoms with Gasteiger partial charge in [0.1, 0.15) is 12.1 Å². The Bertz CT molecular complexity index is 921. The molecule has 0 amide bonds. The first kappa shape index (κ1) is 17.0. The molecule has 1 saturated heterocycles. The highest BCUT2D eigenvalue weighted by Gasteiger charge is 2.35. The van der Waals surface area contributed by atoms with Crippen molar-refractivity contribution in [2.45, 2.75) is 20.0 Å². The van der Waals surface area contributed by atoms with Gasteiger partial charge in [-0.25, -0.2) is 9.97 Å². The molecule has 1 aliphatic heterocycles. The third kappa shape index (κ3) is 2.96. The standard InChI is InChI=1S/C15H16F3N7S/c1-9-10(2)26-14(21-9)24-5-3-23(4-6-24)12-7-11(15(16,17)18)22-13-19-8-20-25(12)13/h7-8H,3-6H2,1-2H3. The molecule has 0 atom stereocenters. The van der Waals surface area contributed by atoms with Gasteiger partial charge < -0.3 is 9.80 Å². The molecule has 26 heavy (non-hydrogen) atoms. The molecule has 0 unspecified atom stereocenters. The maximum absolute atomic E-state index is 13.1. The number of aryl methyl sites for hydroxylation is 2. The molecule has 0 aromatic carbocycles. The average molecular weight is 383 g/mol. The molecule has 4 rings (SSSR count). The molecule has 138 valence electrons. The average Bonchev–Trinajstić information content (AvgIpc) is 3.20. The minimum atomic E-state index is -4.53. The molecule has 0 spiro atoms. The van der Waals surface area contributed by atoms with Crippen LogP contribution in [0.2, 0.25) is 0 Å². The van der Waals surface area contributed by atoms with Crippen LogP contribution in [0.15, 0.2) is 12.4 Å². The van der Waals surface area contributed by atoms with E-state index in [1.807, 2.05) is 18.7 Å². The fourth-order valence-electron chi connectivity index (χ4n) is 2.89. The van der Waals surface area contributed by atoms with Crippen LogP contribution in [0.25, 0.3) is 5.78 Å². The number of nitrogens with zero attached hydrogens (tertiary/aromatic N) is 7. The van der Waals surface area contributed by atoms with E-state index in [-0.39, 0.29) is 5.78 Å². The van der Waals surface area contributed by atoms with Gasteiger partial charge in [-0.2, -0.15) is 27.8 Å². The highest BCUT2D eigenvalue weighted by Crippen LogP contribution is 2.31. The van der Waals surface area contributed by atoms with E-state index in [1.165, 1.54) is 15.7 Å². The first-order valence-corrected chi connectivity index (χ1v) is 8.86. The third-order valence-corrected chi connectivity index (χ3v) is 5.55. The molecule has 3 aromatic heterocycles. The van der Waals surface area contributed by atoms with Gasteiger partial charge in [0.2, 0.25) is 0 Å². The smallest absolute Gasteiger partial charge is 0.353 e. The fourth-order valence-corrected chi connectivity index (χ4v) is 3.85. The predicted molar refractivity (Wildman–Crippen MR) is 91.8 cm³/mol. The zero-order valence-corrected chi connectivity index (χ0v) is 15.0. The summed E-state index contributed by atoms with van der Waals surface area (Å²) in [6.45, 7) is 6.48. The Morgan fingerprint density at radius 1 is 1.04 bits per heavy atom. The van der Waals surface area contributed by atoms with Crippen molar-refractivity contribution in [2.24, 2.45) is 0 Å². The van der Waals surface area contributed by atoms with Crippen molar-refractivity contribution in [1.82, 2.24) is 24.6 Å². The van der Waals surface area contributed by atoms with Crippen molar-refractivity contribution < 1.29 is 13.2 Å². The van der Waals surface area contributed by atoms with Gasteiger partial charge in [0.05, 0.1) is 5.69 Å². The Morgan fingerprint density at radius 2 is 1.73 bits per heavy atom. The number of thiazole rings is 1. The van der Waals surface area contributed by atoms with Gasteiger partial charge in [-0.15, -0.1) is 11.3 Å². The molecular weight excluding hydrogens is 367 g/mol. The molecule has 3 aromatic rings. The number of alkyl halides is 3. The Kier molecular flexibility index (Phi) is 3.98. The minimum Gasteiger partial charge on any atom is -0.353 e. The number of halogens is 3. The lowest BCUT2D eigenvalue weighted by Gasteiger charge is -2.35. The van der Waals surface area contributed by atoms with Crippen molar-refractivity contribution >= 4 is 28.1 Å². The summed E-state index contributed by atoms with van der Waals surface area (Å²) in [6, 6.07) is 1.04. The van der Waals surface area contributed by atoms with Crippen molar-refractivity contribution in [3.63, 3.8) is 0 Å². The van der Waals surface area contributed by atoms with Crippen molar-refractivity contribution in [3.05, 3.63) is 28.7 Å². The lowest BCUT2D eigenvalue weighted by atomic mass is 10.3. The van der Waals surface area contributed by atoms with E-state index in [4.69, 9.17) is 0 Å². The van der Waals surface area contributed by atoms with Crippen LogP contribution in [0.3, 0.4) is 0 Å². The summed E-state index contributed by atoms with van der Waals surface area (Å²) in [5, 5.41) is 4.97. The van der Waals surface area contributed by atoms with Crippen LogP contribution < -0.4 is 9.80 Å². The number of rotatable bonds is 2. The van der Waals surface area contributed by atoms with E-state index in [1.54, 1.807) is 11.3 Å². The monoisotopic (exact) mass is 383 g/mol. The second kappa shape index (κ2) is 6.08. The summed E-state index contributed by atoms with van der Waals surface area (Å²) in [5.41, 5.74) is 0.0577. The Hall–Kier alpha value is -2.43. The van der Waals surface area contributed by atoms with Gasteiger partial charge in [0.15, 0.2) is 10.8 Å². The van der Waals surface area contributed by atoms with Crippen LogP contribution in [-0.2, 0) is 6.18 Å². The summed E-state index contributed by atoms with van der Waals surface area (Å²) >= 11 is 1.64. The predicted octanol–water partition coefficient (Wildman–Crippen LogP) is 2.54. The molecule has 0 saturated carbocycles. The molecule has 1 aliphatic rings. The number of anilines is 2. The highest BCUT2D eigenvalue weighted by molar-refractivity contribution is 7.15. The molecule has 1 fully saturated rings. The highest BCUT2D eigenvalue weighted by atomic mass is 32.1. The zero-order valence-electron chi connectivity index (χ0n) is 14.2. The number of piperazine rings is 1. The van der Waals surface area contributed by atoms with Crippen LogP contribution in [0.4, 0.5) is 24.1 Å². The van der Waals surface area contributed by atoms with Crippen LogP contribution in [0.5, 0.6) is 0 Å². The van der Waals surface area contributed by atoms with E-state index in [0.29, 0.717) is 32.0 Å². The first-order valence-electron chi connectivity index (χ1n) is 8.05. The molecule has 0 N–H and O–H groups in total. The van der Waals surface area contributed by atoms with Gasteiger partial charge >= 0.3 is 6.18 Å². The largest absolute Gasteiger partial charge is 0.433 e. The molecule has 4 heterocycles. The molecule has 7 nitrogen and oxygen atoms in total. The Balaban J connectivity index is 1.60. The number of aromatic nitrogens is 5. The van der Waals surface area contributed by atoms with Crippen LogP contribution in [0, 0.1) is 13.8 Å². The first-order chi connectivity index (χ1) is 12.3. The van der Waals surface area contributed by atoms with Gasteiger partial charge in [-0.3, -0.25) is 0 Å². The topological polar surface area (TPSA) is 62.5 Å². The molecule has 0 aliphatic carbocycles. The van der Waals surface area contributed by atoms with E-state index < -0.39 is 11.9 Å². The summed E-state index contributed by atoms with van der Waals surface area (Å²) in [5.74, 6) is 0.300. The second-order valence-corrected chi connectivity index (χ2v) is 7.26. The number of hydrogen-bond acceptors (Lipinski definition) is 7. The minimum absolute atomic E-state index is 0.0524. The molecule has 0 bridgehead atoms. The van der Waals surface area contributed by atoms with Gasteiger partial charge in [0, 0.05) is 37.1 Å². The third-order valence-electron chi connectivity index (χ3n) is 4.41. The quantitative estimate of drug-likeness (QED) is 0.678. The van der Waals surface area contributed by atoms with Crippen LogP contribution in [-0.4, -0.2) is 50.7 Å². The second-order valence-electron chi connectivity index (χ2n) is 6.08. The molecule has 11 heteroatoms. The van der Waals surface area contributed by atoms with Crippen LogP contribution in [0.1, 0.15) is 16.3 Å².